The summed E-state index contributed by atoms with van der Waals surface area (Å²) in [6.45, 7) is 0.0281. The van der Waals surface area contributed by atoms with Gasteiger partial charge < -0.3 is 20.1 Å². The first-order valence-electron chi connectivity index (χ1n) is 6.22. The van der Waals surface area contributed by atoms with Crippen molar-refractivity contribution in [2.45, 2.75) is 13.0 Å². The highest BCUT2D eigenvalue weighted by Crippen LogP contribution is 2.26. The van der Waals surface area contributed by atoms with Crippen LogP contribution < -0.4 is 4.74 Å². The van der Waals surface area contributed by atoms with E-state index in [1.807, 2.05) is 6.07 Å². The molecule has 2 aromatic carbocycles. The van der Waals surface area contributed by atoms with Crippen LogP contribution in [0, 0.1) is 11.3 Å². The zero-order valence-corrected chi connectivity index (χ0v) is 11.7. The molecule has 0 aliphatic rings. The van der Waals surface area contributed by atoms with E-state index in [9.17, 15) is 5.11 Å². The molecule has 0 unspecified atom stereocenters. The van der Waals surface area contributed by atoms with Gasteiger partial charge in [0.2, 0.25) is 0 Å². The molecular weight excluding hydrogens is 270 g/mol. The number of aromatic hydroxyl groups is 2. The minimum absolute atomic E-state index is 0.0281. The van der Waals surface area contributed by atoms with E-state index >= 15 is 0 Å². The Balaban J connectivity index is 0.000000219. The molecule has 5 nitrogen and oxygen atoms in total. The van der Waals surface area contributed by atoms with Crippen molar-refractivity contribution in [1.29, 1.82) is 5.26 Å². The molecule has 0 aliphatic heterocycles. The van der Waals surface area contributed by atoms with Gasteiger partial charge in [-0.15, -0.1) is 0 Å². The first kappa shape index (κ1) is 16.3. The Morgan fingerprint density at radius 3 is 2.19 bits per heavy atom. The molecule has 0 heterocycles. The summed E-state index contributed by atoms with van der Waals surface area (Å²) in [5.41, 5.74) is 1.65. The molecule has 0 spiro atoms. The molecule has 110 valence electrons. The standard InChI is InChI=1S/C9H9NO2.C7H8O2/c1-12-9-6-7(4-5-10)2-3-8(9)11;8-5-6-1-3-7(9)4-2-6/h2-3,6,11H,4H2,1H3;1-4,8-9H,5H2. The van der Waals surface area contributed by atoms with Crippen LogP contribution in [0.4, 0.5) is 0 Å². The van der Waals surface area contributed by atoms with Gasteiger partial charge in [-0.25, -0.2) is 0 Å². The van der Waals surface area contributed by atoms with Gasteiger partial charge in [0.1, 0.15) is 5.75 Å². The van der Waals surface area contributed by atoms with Gasteiger partial charge in [-0.05, 0) is 35.4 Å². The van der Waals surface area contributed by atoms with Crippen LogP contribution in [0.2, 0.25) is 0 Å². The Labute approximate surface area is 123 Å². The van der Waals surface area contributed by atoms with E-state index in [-0.39, 0.29) is 18.1 Å². The van der Waals surface area contributed by atoms with Gasteiger partial charge in [0, 0.05) is 0 Å². The van der Waals surface area contributed by atoms with Gasteiger partial charge in [0.05, 0.1) is 26.2 Å². The number of phenolic OH excluding ortho intramolecular Hbond substituents is 2. The van der Waals surface area contributed by atoms with E-state index in [1.165, 1.54) is 13.2 Å². The number of methoxy groups -OCH3 is 1. The van der Waals surface area contributed by atoms with Crippen molar-refractivity contribution in [2.75, 3.05) is 7.11 Å². The number of aliphatic hydroxyl groups is 1. The third-order valence-corrected chi connectivity index (χ3v) is 2.65. The van der Waals surface area contributed by atoms with Gasteiger partial charge in [0.15, 0.2) is 11.5 Å². The summed E-state index contributed by atoms with van der Waals surface area (Å²) >= 11 is 0. The van der Waals surface area contributed by atoms with Gasteiger partial charge in [-0.3, -0.25) is 0 Å². The lowest BCUT2D eigenvalue weighted by Gasteiger charge is -2.03. The Morgan fingerprint density at radius 1 is 1.05 bits per heavy atom. The van der Waals surface area contributed by atoms with Gasteiger partial charge >= 0.3 is 0 Å². The number of nitriles is 1. The predicted octanol–water partition coefficient (Wildman–Crippen LogP) is 2.35. The molecule has 0 atom stereocenters. The minimum Gasteiger partial charge on any atom is -0.508 e. The van der Waals surface area contributed by atoms with E-state index in [2.05, 4.69) is 0 Å². The van der Waals surface area contributed by atoms with Gasteiger partial charge in [-0.2, -0.15) is 5.26 Å². The molecule has 0 saturated heterocycles. The normalized spacial score (nSPS) is 9.19. The van der Waals surface area contributed by atoms with Crippen molar-refractivity contribution in [3.63, 3.8) is 0 Å². The summed E-state index contributed by atoms with van der Waals surface area (Å²) in [7, 11) is 1.48. The van der Waals surface area contributed by atoms with Crippen molar-refractivity contribution >= 4 is 0 Å². The lowest BCUT2D eigenvalue weighted by atomic mass is 10.1. The Bertz CT molecular complexity index is 603. The fourth-order valence-electron chi connectivity index (χ4n) is 1.52. The number of benzene rings is 2. The van der Waals surface area contributed by atoms with E-state index < -0.39 is 0 Å². The molecule has 21 heavy (non-hydrogen) atoms. The first-order chi connectivity index (χ1) is 10.1. The zero-order valence-electron chi connectivity index (χ0n) is 11.7. The second-order valence-electron chi connectivity index (χ2n) is 4.17. The average molecular weight is 287 g/mol. The molecule has 3 N–H and O–H groups in total. The van der Waals surface area contributed by atoms with Crippen molar-refractivity contribution in [3.05, 3.63) is 53.6 Å². The summed E-state index contributed by atoms with van der Waals surface area (Å²) in [4.78, 5) is 0. The maximum Gasteiger partial charge on any atom is 0.160 e. The fourth-order valence-corrected chi connectivity index (χ4v) is 1.52. The maximum atomic E-state index is 9.20. The number of ether oxygens (including phenoxy) is 1. The number of aliphatic hydroxyl groups excluding tert-OH is 1. The monoisotopic (exact) mass is 287 g/mol. The lowest BCUT2D eigenvalue weighted by molar-refractivity contribution is 0.281. The molecule has 2 aromatic rings. The maximum absolute atomic E-state index is 9.20. The van der Waals surface area contributed by atoms with Crippen LogP contribution in [-0.2, 0) is 13.0 Å². The first-order valence-corrected chi connectivity index (χ1v) is 6.22. The van der Waals surface area contributed by atoms with Crippen molar-refractivity contribution in [3.8, 4) is 23.3 Å². The number of hydrogen-bond donors (Lipinski definition) is 3. The number of phenols is 2. The highest BCUT2D eigenvalue weighted by atomic mass is 16.5. The number of rotatable bonds is 3. The van der Waals surface area contributed by atoms with E-state index in [4.69, 9.17) is 20.2 Å². The summed E-state index contributed by atoms with van der Waals surface area (Å²) in [6.07, 6.45) is 0.330. The fraction of sp³-hybridized carbons (Fsp3) is 0.188. The zero-order chi connectivity index (χ0) is 15.7. The van der Waals surface area contributed by atoms with Crippen LogP contribution in [0.1, 0.15) is 11.1 Å². The SMILES string of the molecule is COc1cc(CC#N)ccc1O.OCc1ccc(O)cc1. The average Bonchev–Trinajstić information content (AvgIpc) is 2.51. The largest absolute Gasteiger partial charge is 0.508 e. The third-order valence-electron chi connectivity index (χ3n) is 2.65. The second-order valence-corrected chi connectivity index (χ2v) is 4.17. The Kier molecular flexibility index (Phi) is 6.58. The highest BCUT2D eigenvalue weighted by molar-refractivity contribution is 5.42. The molecule has 0 aromatic heterocycles. The summed E-state index contributed by atoms with van der Waals surface area (Å²) < 4.78 is 4.87. The smallest absolute Gasteiger partial charge is 0.160 e. The van der Waals surface area contributed by atoms with Crippen LogP contribution in [0.25, 0.3) is 0 Å². The van der Waals surface area contributed by atoms with Crippen LogP contribution in [0.5, 0.6) is 17.2 Å². The van der Waals surface area contributed by atoms with Crippen LogP contribution >= 0.6 is 0 Å². The van der Waals surface area contributed by atoms with Crippen molar-refractivity contribution in [2.24, 2.45) is 0 Å². The van der Waals surface area contributed by atoms with Crippen LogP contribution in [0.3, 0.4) is 0 Å². The second kappa shape index (κ2) is 8.46. The summed E-state index contributed by atoms with van der Waals surface area (Å²) in [5.74, 6) is 0.731. The molecule has 0 aliphatic carbocycles. The molecule has 0 bridgehead atoms. The minimum atomic E-state index is 0.0281. The Hall–Kier alpha value is -2.71. The number of hydrogen-bond acceptors (Lipinski definition) is 5. The molecule has 5 heteroatoms. The van der Waals surface area contributed by atoms with E-state index in [0.29, 0.717) is 12.2 Å². The predicted molar refractivity (Wildman–Crippen MR) is 78.0 cm³/mol. The molecular formula is C16H17NO4. The summed E-state index contributed by atoms with van der Waals surface area (Å²) in [5, 5.41) is 34.9. The van der Waals surface area contributed by atoms with E-state index in [1.54, 1.807) is 36.4 Å². The third kappa shape index (κ3) is 5.43. The van der Waals surface area contributed by atoms with Crippen molar-refractivity contribution in [1.82, 2.24) is 0 Å². The molecule has 0 saturated carbocycles. The topological polar surface area (TPSA) is 93.7 Å². The van der Waals surface area contributed by atoms with Crippen LogP contribution in [-0.4, -0.2) is 22.4 Å². The molecule has 0 amide bonds. The molecule has 0 radical (unpaired) electrons. The summed E-state index contributed by atoms with van der Waals surface area (Å²) in [6, 6.07) is 13.3. The molecule has 2 rings (SSSR count). The quantitative estimate of drug-likeness (QED) is 0.805. The lowest BCUT2D eigenvalue weighted by Crippen LogP contribution is -1.86. The van der Waals surface area contributed by atoms with Gasteiger partial charge in [-0.1, -0.05) is 18.2 Å². The van der Waals surface area contributed by atoms with Crippen molar-refractivity contribution < 1.29 is 20.1 Å². The highest BCUT2D eigenvalue weighted by Gasteiger charge is 2.01. The number of nitrogens with zero attached hydrogens (tertiary/aromatic N) is 1. The Morgan fingerprint density at radius 2 is 1.67 bits per heavy atom. The van der Waals surface area contributed by atoms with E-state index in [0.717, 1.165) is 11.1 Å². The van der Waals surface area contributed by atoms with Crippen LogP contribution in [0.15, 0.2) is 42.5 Å². The van der Waals surface area contributed by atoms with Gasteiger partial charge in [0.25, 0.3) is 0 Å². The molecule has 0 fully saturated rings.